The fourth-order valence-electron chi connectivity index (χ4n) is 2.01. The van der Waals surface area contributed by atoms with E-state index in [0.717, 1.165) is 0 Å². The molecule has 0 saturated heterocycles. The van der Waals surface area contributed by atoms with Crippen molar-refractivity contribution in [2.24, 2.45) is 0 Å². The molecule has 0 atom stereocenters. The van der Waals surface area contributed by atoms with E-state index < -0.39 is 5.97 Å². The zero-order valence-corrected chi connectivity index (χ0v) is 12.9. The van der Waals surface area contributed by atoms with Gasteiger partial charge in [0, 0.05) is 5.02 Å². The van der Waals surface area contributed by atoms with Crippen LogP contribution in [0.3, 0.4) is 0 Å². The molecule has 3 aromatic carbocycles. The summed E-state index contributed by atoms with van der Waals surface area (Å²) in [6.07, 6.45) is 0. The third-order valence-corrected chi connectivity index (χ3v) is 3.29. The smallest absolute Gasteiger partial charge is 0.343 e. The summed E-state index contributed by atoms with van der Waals surface area (Å²) in [7, 11) is 0. The van der Waals surface area contributed by atoms with Crippen molar-refractivity contribution in [3.63, 3.8) is 0 Å². The van der Waals surface area contributed by atoms with E-state index in [1.54, 1.807) is 48.5 Å². The highest BCUT2D eigenvalue weighted by molar-refractivity contribution is 6.30. The number of carbonyl (C=O) groups is 1. The summed E-state index contributed by atoms with van der Waals surface area (Å²) in [5.74, 6) is 1.20. The van der Waals surface area contributed by atoms with Crippen LogP contribution in [-0.4, -0.2) is 5.97 Å². The van der Waals surface area contributed by atoms with Gasteiger partial charge in [0.05, 0.1) is 5.56 Å². The molecule has 23 heavy (non-hydrogen) atoms. The van der Waals surface area contributed by atoms with E-state index in [4.69, 9.17) is 21.1 Å². The van der Waals surface area contributed by atoms with Crippen molar-refractivity contribution in [1.29, 1.82) is 0 Å². The van der Waals surface area contributed by atoms with E-state index in [-0.39, 0.29) is 0 Å². The number of halogens is 1. The van der Waals surface area contributed by atoms with Gasteiger partial charge in [-0.25, -0.2) is 4.79 Å². The van der Waals surface area contributed by atoms with Gasteiger partial charge in [0.2, 0.25) is 0 Å². The lowest BCUT2D eigenvalue weighted by molar-refractivity contribution is 0.0734. The number of para-hydroxylation sites is 1. The van der Waals surface area contributed by atoms with Crippen LogP contribution in [0.25, 0.3) is 0 Å². The molecule has 0 bridgehead atoms. The van der Waals surface area contributed by atoms with Crippen LogP contribution in [0.15, 0.2) is 78.9 Å². The number of hydrogen-bond acceptors (Lipinski definition) is 3. The summed E-state index contributed by atoms with van der Waals surface area (Å²) in [5.41, 5.74) is 0.401. The van der Waals surface area contributed by atoms with Crippen molar-refractivity contribution in [2.75, 3.05) is 0 Å². The van der Waals surface area contributed by atoms with Crippen LogP contribution in [0.4, 0.5) is 0 Å². The number of carbonyl (C=O) groups excluding carboxylic acids is 1. The van der Waals surface area contributed by atoms with E-state index in [1.165, 1.54) is 0 Å². The molecular weight excluding hydrogens is 312 g/mol. The van der Waals surface area contributed by atoms with Gasteiger partial charge >= 0.3 is 5.97 Å². The van der Waals surface area contributed by atoms with Gasteiger partial charge in [0.15, 0.2) is 0 Å². The van der Waals surface area contributed by atoms with E-state index in [9.17, 15) is 4.79 Å². The fourth-order valence-corrected chi connectivity index (χ4v) is 2.19. The van der Waals surface area contributed by atoms with E-state index in [2.05, 4.69) is 0 Å². The molecule has 3 aromatic rings. The minimum Gasteiger partial charge on any atom is -0.457 e. The maximum absolute atomic E-state index is 12.2. The van der Waals surface area contributed by atoms with Crippen LogP contribution in [0.2, 0.25) is 5.02 Å². The molecule has 0 aliphatic heterocycles. The number of benzene rings is 3. The van der Waals surface area contributed by atoms with Crippen LogP contribution < -0.4 is 9.47 Å². The van der Waals surface area contributed by atoms with Gasteiger partial charge in [-0.3, -0.25) is 0 Å². The van der Waals surface area contributed by atoms with Crippen LogP contribution in [0.1, 0.15) is 10.4 Å². The van der Waals surface area contributed by atoms with Crippen LogP contribution in [-0.2, 0) is 0 Å². The molecule has 0 fully saturated rings. The molecule has 0 aliphatic carbocycles. The lowest BCUT2D eigenvalue weighted by Gasteiger charge is -2.08. The standard InChI is InChI=1S/C19H13ClO3/c20-15-7-5-11-18(13-15)23-19(21)14-6-4-10-17(12-14)22-16-8-2-1-3-9-16/h1-13H. The molecule has 0 saturated carbocycles. The molecule has 3 rings (SSSR count). The molecule has 114 valence electrons. The Balaban J connectivity index is 1.75. The molecule has 0 radical (unpaired) electrons. The third kappa shape index (κ3) is 4.11. The minimum absolute atomic E-state index is 0.400. The van der Waals surface area contributed by atoms with Gasteiger partial charge in [-0.1, -0.05) is 41.9 Å². The fraction of sp³-hybridized carbons (Fsp3) is 0. The summed E-state index contributed by atoms with van der Waals surface area (Å²) in [5, 5.41) is 0.511. The average Bonchev–Trinajstić information content (AvgIpc) is 2.56. The van der Waals surface area contributed by atoms with Gasteiger partial charge < -0.3 is 9.47 Å². The van der Waals surface area contributed by atoms with Crippen molar-refractivity contribution < 1.29 is 14.3 Å². The summed E-state index contributed by atoms with van der Waals surface area (Å²) < 4.78 is 11.0. The van der Waals surface area contributed by atoms with Crippen molar-refractivity contribution in [3.05, 3.63) is 89.4 Å². The first-order valence-corrected chi connectivity index (χ1v) is 7.39. The summed E-state index contributed by atoms with van der Waals surface area (Å²) >= 11 is 5.88. The lowest BCUT2D eigenvalue weighted by Crippen LogP contribution is -2.08. The molecule has 0 N–H and O–H groups in total. The van der Waals surface area contributed by atoms with Gasteiger partial charge in [-0.2, -0.15) is 0 Å². The van der Waals surface area contributed by atoms with Crippen molar-refractivity contribution in [1.82, 2.24) is 0 Å². The Bertz CT molecular complexity index is 816. The molecule has 0 unspecified atom stereocenters. The Morgan fingerprint density at radius 1 is 0.739 bits per heavy atom. The number of hydrogen-bond donors (Lipinski definition) is 0. The van der Waals surface area contributed by atoms with Crippen LogP contribution in [0.5, 0.6) is 17.2 Å². The second-order valence-electron chi connectivity index (χ2n) is 4.79. The maximum atomic E-state index is 12.2. The van der Waals surface area contributed by atoms with Crippen molar-refractivity contribution >= 4 is 17.6 Å². The topological polar surface area (TPSA) is 35.5 Å². The Hall–Kier alpha value is -2.78. The predicted molar refractivity (Wildman–Crippen MR) is 89.4 cm³/mol. The van der Waals surface area contributed by atoms with E-state index in [0.29, 0.717) is 27.8 Å². The van der Waals surface area contributed by atoms with Crippen LogP contribution in [0, 0.1) is 0 Å². The Kier molecular flexibility index (Phi) is 4.60. The zero-order valence-electron chi connectivity index (χ0n) is 12.1. The Morgan fingerprint density at radius 2 is 1.43 bits per heavy atom. The average molecular weight is 325 g/mol. The number of esters is 1. The van der Waals surface area contributed by atoms with Gasteiger partial charge in [0.25, 0.3) is 0 Å². The molecule has 0 aromatic heterocycles. The quantitative estimate of drug-likeness (QED) is 0.479. The summed E-state index contributed by atoms with van der Waals surface area (Å²) in [4.78, 5) is 12.2. The van der Waals surface area contributed by atoms with Crippen LogP contribution >= 0.6 is 11.6 Å². The molecular formula is C19H13ClO3. The normalized spacial score (nSPS) is 10.1. The number of ether oxygens (including phenoxy) is 2. The highest BCUT2D eigenvalue weighted by Crippen LogP contribution is 2.23. The highest BCUT2D eigenvalue weighted by Gasteiger charge is 2.10. The first-order valence-electron chi connectivity index (χ1n) is 7.01. The first kappa shape index (κ1) is 15.1. The largest absolute Gasteiger partial charge is 0.457 e. The first-order chi connectivity index (χ1) is 11.2. The minimum atomic E-state index is -0.467. The second-order valence-corrected chi connectivity index (χ2v) is 5.23. The summed E-state index contributed by atoms with van der Waals surface area (Å²) in [6, 6.07) is 22.9. The SMILES string of the molecule is O=C(Oc1cccc(Cl)c1)c1cccc(Oc2ccccc2)c1. The molecule has 0 amide bonds. The maximum Gasteiger partial charge on any atom is 0.343 e. The lowest BCUT2D eigenvalue weighted by atomic mass is 10.2. The van der Waals surface area contributed by atoms with Gasteiger partial charge in [0.1, 0.15) is 17.2 Å². The molecule has 3 nitrogen and oxygen atoms in total. The van der Waals surface area contributed by atoms with Crippen molar-refractivity contribution in [3.8, 4) is 17.2 Å². The van der Waals surface area contributed by atoms with E-state index in [1.807, 2.05) is 30.3 Å². The molecule has 0 aliphatic rings. The summed E-state index contributed by atoms with van der Waals surface area (Å²) in [6.45, 7) is 0. The van der Waals surface area contributed by atoms with Gasteiger partial charge in [-0.15, -0.1) is 0 Å². The van der Waals surface area contributed by atoms with Gasteiger partial charge in [-0.05, 0) is 48.5 Å². The Morgan fingerprint density at radius 3 is 2.22 bits per heavy atom. The van der Waals surface area contributed by atoms with E-state index >= 15 is 0 Å². The zero-order chi connectivity index (χ0) is 16.1. The molecule has 4 heteroatoms. The highest BCUT2D eigenvalue weighted by atomic mass is 35.5. The third-order valence-electron chi connectivity index (χ3n) is 3.06. The monoisotopic (exact) mass is 324 g/mol. The van der Waals surface area contributed by atoms with Crippen molar-refractivity contribution in [2.45, 2.75) is 0 Å². The predicted octanol–water partition coefficient (Wildman–Crippen LogP) is 5.35. The Labute approximate surface area is 139 Å². The second kappa shape index (κ2) is 6.99. The molecule has 0 heterocycles. The molecule has 0 spiro atoms. The number of rotatable bonds is 4.